The second kappa shape index (κ2) is 6.64. The molecule has 1 aromatic carbocycles. The molecule has 0 aliphatic rings. The van der Waals surface area contributed by atoms with Gasteiger partial charge in [0.15, 0.2) is 0 Å². The van der Waals surface area contributed by atoms with E-state index in [4.69, 9.17) is 14.6 Å². The lowest BCUT2D eigenvalue weighted by molar-refractivity contribution is -0.131. The van der Waals surface area contributed by atoms with Crippen LogP contribution < -0.4 is 9.47 Å². The van der Waals surface area contributed by atoms with E-state index in [1.165, 1.54) is 6.08 Å². The van der Waals surface area contributed by atoms with Crippen LogP contribution in [0.5, 0.6) is 11.5 Å². The summed E-state index contributed by atoms with van der Waals surface area (Å²) in [7, 11) is 3.20. The monoisotopic (exact) mass is 262 g/mol. The highest BCUT2D eigenvalue weighted by atomic mass is 16.5. The van der Waals surface area contributed by atoms with Crippen molar-refractivity contribution in [2.45, 2.75) is 13.8 Å². The number of aliphatic carboxylic acids is 1. The Morgan fingerprint density at radius 3 is 2.47 bits per heavy atom. The summed E-state index contributed by atoms with van der Waals surface area (Å²) in [6, 6.07) is 3.72. The van der Waals surface area contributed by atoms with Crippen LogP contribution >= 0.6 is 0 Å². The average Bonchev–Trinajstić information content (AvgIpc) is 2.36. The molecule has 1 aromatic rings. The Morgan fingerprint density at radius 1 is 1.26 bits per heavy atom. The lowest BCUT2D eigenvalue weighted by Crippen LogP contribution is -1.95. The molecular weight excluding hydrogens is 244 g/mol. The van der Waals surface area contributed by atoms with E-state index in [0.717, 1.165) is 28.5 Å². The average molecular weight is 262 g/mol. The molecule has 0 bridgehead atoms. The normalized spacial score (nSPS) is 11.7. The zero-order valence-electron chi connectivity index (χ0n) is 11.6. The van der Waals surface area contributed by atoms with Crippen molar-refractivity contribution in [3.8, 4) is 11.5 Å². The van der Waals surface area contributed by atoms with Crippen molar-refractivity contribution in [1.82, 2.24) is 0 Å². The van der Waals surface area contributed by atoms with Gasteiger partial charge >= 0.3 is 5.97 Å². The molecule has 0 heterocycles. The van der Waals surface area contributed by atoms with E-state index in [2.05, 4.69) is 0 Å². The number of allylic oxidation sites excluding steroid dienone is 3. The number of hydrogen-bond acceptors (Lipinski definition) is 3. The van der Waals surface area contributed by atoms with Gasteiger partial charge in [-0.3, -0.25) is 0 Å². The van der Waals surface area contributed by atoms with Gasteiger partial charge in [-0.05, 0) is 31.1 Å². The van der Waals surface area contributed by atoms with Crippen molar-refractivity contribution >= 4 is 11.5 Å². The molecule has 1 N–H and O–H groups in total. The third-order valence-electron chi connectivity index (χ3n) is 2.71. The van der Waals surface area contributed by atoms with Crippen molar-refractivity contribution in [2.75, 3.05) is 14.2 Å². The van der Waals surface area contributed by atoms with Crippen LogP contribution in [0.25, 0.3) is 5.57 Å². The molecule has 0 amide bonds. The summed E-state index contributed by atoms with van der Waals surface area (Å²) in [5, 5.41) is 8.56. The maximum absolute atomic E-state index is 10.4. The Kier molecular flexibility index (Phi) is 5.18. The van der Waals surface area contributed by atoms with Gasteiger partial charge in [0.2, 0.25) is 0 Å². The van der Waals surface area contributed by atoms with Gasteiger partial charge in [0.25, 0.3) is 0 Å². The molecule has 19 heavy (non-hydrogen) atoms. The van der Waals surface area contributed by atoms with E-state index in [-0.39, 0.29) is 0 Å². The van der Waals surface area contributed by atoms with Gasteiger partial charge in [0, 0.05) is 17.7 Å². The number of hydrogen-bond donors (Lipinski definition) is 1. The summed E-state index contributed by atoms with van der Waals surface area (Å²) in [5.74, 6) is 0.462. The van der Waals surface area contributed by atoms with Crippen LogP contribution in [0, 0.1) is 6.92 Å². The predicted octanol–water partition coefficient (Wildman–Crippen LogP) is 3.06. The molecule has 4 nitrogen and oxygen atoms in total. The van der Waals surface area contributed by atoms with Crippen LogP contribution in [0.15, 0.2) is 30.4 Å². The minimum absolute atomic E-state index is 0.703. The Balaban J connectivity index is 3.22. The lowest BCUT2D eigenvalue weighted by Gasteiger charge is -2.14. The summed E-state index contributed by atoms with van der Waals surface area (Å²) in [6.45, 7) is 3.86. The smallest absolute Gasteiger partial charge is 0.328 e. The number of carbonyl (C=O) groups is 1. The lowest BCUT2D eigenvalue weighted by atomic mass is 9.99. The minimum Gasteiger partial charge on any atom is -0.497 e. The number of aryl methyl sites for hydroxylation is 1. The summed E-state index contributed by atoms with van der Waals surface area (Å²) in [5.41, 5.74) is 2.88. The Bertz CT molecular complexity index is 527. The van der Waals surface area contributed by atoms with E-state index >= 15 is 0 Å². The fourth-order valence-corrected chi connectivity index (χ4v) is 1.87. The highest BCUT2D eigenvalue weighted by molar-refractivity contribution is 5.81. The Hall–Kier alpha value is -2.23. The molecule has 1 rings (SSSR count). The summed E-state index contributed by atoms with van der Waals surface area (Å²) < 4.78 is 10.5. The number of methoxy groups -OCH3 is 2. The third-order valence-corrected chi connectivity index (χ3v) is 2.71. The van der Waals surface area contributed by atoms with Crippen LogP contribution in [-0.2, 0) is 4.79 Å². The minimum atomic E-state index is -0.970. The second-order valence-electron chi connectivity index (χ2n) is 4.07. The molecule has 0 atom stereocenters. The van der Waals surface area contributed by atoms with Gasteiger partial charge in [0.1, 0.15) is 11.5 Å². The van der Waals surface area contributed by atoms with Crippen molar-refractivity contribution in [2.24, 2.45) is 0 Å². The molecule has 0 aliphatic heterocycles. The zero-order valence-corrected chi connectivity index (χ0v) is 11.6. The largest absolute Gasteiger partial charge is 0.497 e. The summed E-state index contributed by atoms with van der Waals surface area (Å²) in [4.78, 5) is 10.4. The molecule has 0 unspecified atom stereocenters. The third kappa shape index (κ3) is 3.88. The van der Waals surface area contributed by atoms with Gasteiger partial charge in [-0.15, -0.1) is 0 Å². The molecule has 0 saturated heterocycles. The van der Waals surface area contributed by atoms with Gasteiger partial charge in [-0.25, -0.2) is 4.79 Å². The first-order valence-electron chi connectivity index (χ1n) is 5.80. The first kappa shape index (κ1) is 14.8. The van der Waals surface area contributed by atoms with Gasteiger partial charge in [-0.2, -0.15) is 0 Å². The molecule has 0 saturated carbocycles. The molecule has 0 fully saturated rings. The van der Waals surface area contributed by atoms with Crippen molar-refractivity contribution in [1.29, 1.82) is 0 Å². The standard InChI is InChI=1S/C15H18O4/c1-10(6-5-7-14(16)17)15-11(2)8-12(18-3)9-13(15)19-4/h5-9H,1-4H3,(H,16,17)/b7-5+,10-6+. The number of ether oxygens (including phenoxy) is 2. The topological polar surface area (TPSA) is 55.8 Å². The summed E-state index contributed by atoms with van der Waals surface area (Å²) in [6.07, 6.45) is 4.33. The van der Waals surface area contributed by atoms with E-state index in [1.807, 2.05) is 19.9 Å². The van der Waals surface area contributed by atoms with E-state index in [9.17, 15) is 4.79 Å². The van der Waals surface area contributed by atoms with Crippen molar-refractivity contribution < 1.29 is 19.4 Å². The predicted molar refractivity (Wildman–Crippen MR) is 74.7 cm³/mol. The van der Waals surface area contributed by atoms with Gasteiger partial charge in [-0.1, -0.05) is 12.2 Å². The first-order chi connectivity index (χ1) is 8.99. The summed E-state index contributed by atoms with van der Waals surface area (Å²) >= 11 is 0. The van der Waals surface area contributed by atoms with E-state index < -0.39 is 5.97 Å². The zero-order chi connectivity index (χ0) is 14.4. The maximum atomic E-state index is 10.4. The highest BCUT2D eigenvalue weighted by Crippen LogP contribution is 2.33. The fourth-order valence-electron chi connectivity index (χ4n) is 1.87. The van der Waals surface area contributed by atoms with Crippen molar-refractivity contribution in [3.05, 3.63) is 41.5 Å². The van der Waals surface area contributed by atoms with E-state index in [0.29, 0.717) is 5.75 Å². The molecular formula is C15H18O4. The maximum Gasteiger partial charge on any atom is 0.328 e. The molecule has 4 heteroatoms. The number of rotatable bonds is 5. The second-order valence-corrected chi connectivity index (χ2v) is 4.07. The molecule has 0 aromatic heterocycles. The fraction of sp³-hybridized carbons (Fsp3) is 0.267. The van der Waals surface area contributed by atoms with E-state index in [1.54, 1.807) is 26.4 Å². The van der Waals surface area contributed by atoms with Crippen LogP contribution in [0.4, 0.5) is 0 Å². The van der Waals surface area contributed by atoms with Crippen LogP contribution in [0.3, 0.4) is 0 Å². The quantitative estimate of drug-likeness (QED) is 0.654. The Labute approximate surface area is 113 Å². The highest BCUT2D eigenvalue weighted by Gasteiger charge is 2.10. The molecule has 0 radical (unpaired) electrons. The van der Waals surface area contributed by atoms with Crippen LogP contribution in [-0.4, -0.2) is 25.3 Å². The molecule has 0 aliphatic carbocycles. The number of benzene rings is 1. The molecule has 102 valence electrons. The molecule has 0 spiro atoms. The Morgan fingerprint density at radius 2 is 1.95 bits per heavy atom. The SMILES string of the molecule is COc1cc(C)c(/C(C)=C/C=C/C(=O)O)c(OC)c1. The van der Waals surface area contributed by atoms with Crippen LogP contribution in [0.2, 0.25) is 0 Å². The van der Waals surface area contributed by atoms with Crippen molar-refractivity contribution in [3.63, 3.8) is 0 Å². The first-order valence-corrected chi connectivity index (χ1v) is 5.80. The van der Waals surface area contributed by atoms with Crippen LogP contribution in [0.1, 0.15) is 18.1 Å². The number of carboxylic acid groups (broad SMARTS) is 1. The van der Waals surface area contributed by atoms with Gasteiger partial charge in [0.05, 0.1) is 14.2 Å². The van der Waals surface area contributed by atoms with Gasteiger partial charge < -0.3 is 14.6 Å². The number of carboxylic acids is 1.